The first-order valence-electron chi connectivity index (χ1n) is 12.8. The average molecular weight is 488 g/mol. The second-order valence-electron chi connectivity index (χ2n) is 9.06. The first kappa shape index (κ1) is 30.1. The van der Waals surface area contributed by atoms with E-state index in [1.54, 1.807) is 6.92 Å². The molecule has 0 bridgehead atoms. The lowest BCUT2D eigenvalue weighted by Crippen LogP contribution is -2.48. The lowest BCUT2D eigenvalue weighted by Gasteiger charge is -2.29. The smallest absolute Gasteiger partial charge is 0.379 e. The zero-order chi connectivity index (χ0) is 26.2. The predicted molar refractivity (Wildman–Crippen MR) is 141 cm³/mol. The van der Waals surface area contributed by atoms with Gasteiger partial charge in [0.25, 0.3) is 5.66 Å². The van der Waals surface area contributed by atoms with Crippen LogP contribution in [0.1, 0.15) is 97.8 Å². The van der Waals surface area contributed by atoms with Crippen LogP contribution in [0.15, 0.2) is 46.4 Å². The summed E-state index contributed by atoms with van der Waals surface area (Å²) in [6.07, 6.45) is 24.2. The van der Waals surface area contributed by atoms with Crippen molar-refractivity contribution in [2.75, 3.05) is 0 Å². The maximum absolute atomic E-state index is 13.2. The number of aliphatic imine (C=N–C) groups is 2. The monoisotopic (exact) mass is 487 g/mol. The Morgan fingerprint density at radius 1 is 1.00 bits per heavy atom. The van der Waals surface area contributed by atoms with Crippen molar-refractivity contribution in [3.8, 4) is 0 Å². The molecular weight excluding hydrogens is 446 g/mol. The van der Waals surface area contributed by atoms with Crippen molar-refractivity contribution >= 4 is 23.8 Å². The maximum atomic E-state index is 13.2. The third-order valence-electron chi connectivity index (χ3n) is 6.32. The fourth-order valence-electron chi connectivity index (χ4n) is 4.08. The predicted octanol–water partition coefficient (Wildman–Crippen LogP) is 6.49. The van der Waals surface area contributed by atoms with E-state index in [1.807, 2.05) is 0 Å². The van der Waals surface area contributed by atoms with Crippen LogP contribution in [-0.2, 0) is 9.59 Å². The molecule has 0 spiro atoms. The summed E-state index contributed by atoms with van der Waals surface area (Å²) < 4.78 is 0. The number of aliphatic carboxylic acids is 1. The van der Waals surface area contributed by atoms with Gasteiger partial charge in [0.2, 0.25) is 5.78 Å². The molecule has 0 amide bonds. The number of hydrogen-bond acceptors (Lipinski definition) is 6. The van der Waals surface area contributed by atoms with Crippen LogP contribution in [0.3, 0.4) is 0 Å². The number of unbranched alkanes of at least 4 members (excludes halogenated alkanes) is 6. The quantitative estimate of drug-likeness (QED) is 0.0778. The van der Waals surface area contributed by atoms with E-state index in [0.29, 0.717) is 6.42 Å². The third kappa shape index (κ3) is 9.70. The topological polar surface area (TPSA) is 122 Å². The Balaban J connectivity index is 2.42. The molecule has 0 aliphatic carbocycles. The molecule has 0 saturated carbocycles. The molecule has 8 nitrogen and oxygen atoms in total. The molecule has 0 aromatic rings. The van der Waals surface area contributed by atoms with Gasteiger partial charge in [-0.15, -0.1) is 0 Å². The molecule has 194 valence electrons. The van der Waals surface area contributed by atoms with Gasteiger partial charge in [-0.2, -0.15) is 0 Å². The molecule has 1 heterocycles. The highest BCUT2D eigenvalue weighted by Crippen LogP contribution is 2.37. The summed E-state index contributed by atoms with van der Waals surface area (Å²) in [6.45, 7) is 5.18. The number of carboxylic acids is 1. The number of amidine groups is 1. The Morgan fingerprint density at radius 3 is 2.06 bits per heavy atom. The molecule has 1 N–H and O–H groups in total. The molecule has 2 unspecified atom stereocenters. The number of ketones is 1. The highest BCUT2D eigenvalue weighted by molar-refractivity contribution is 6.28. The Labute approximate surface area is 209 Å². The van der Waals surface area contributed by atoms with Crippen molar-refractivity contribution in [1.82, 2.24) is 0 Å². The van der Waals surface area contributed by atoms with Crippen LogP contribution < -0.4 is 0 Å². The van der Waals surface area contributed by atoms with Crippen LogP contribution in [0.25, 0.3) is 0 Å². The molecule has 0 aromatic heterocycles. The number of Topliss-reactive ketones (excluding diaryl/α,β-unsaturated/α-hetero) is 1. The minimum Gasteiger partial charge on any atom is -0.480 e. The Hall–Kier alpha value is -2.90. The number of carbonyl (C=O) groups is 2. The van der Waals surface area contributed by atoms with Crippen molar-refractivity contribution in [2.24, 2.45) is 15.4 Å². The molecule has 0 saturated heterocycles. The van der Waals surface area contributed by atoms with Gasteiger partial charge in [0.1, 0.15) is 11.6 Å². The Bertz CT molecular complexity index is 859. The van der Waals surface area contributed by atoms with Gasteiger partial charge in [-0.25, -0.2) is 4.99 Å². The zero-order valence-corrected chi connectivity index (χ0v) is 21.4. The van der Waals surface area contributed by atoms with Gasteiger partial charge >= 0.3 is 11.8 Å². The molecule has 1 aliphatic rings. The minimum absolute atomic E-state index is 0.0791. The fraction of sp³-hybridized carbons (Fsp3) is 0.630. The molecule has 0 aromatic carbocycles. The van der Waals surface area contributed by atoms with E-state index in [4.69, 9.17) is 0 Å². The summed E-state index contributed by atoms with van der Waals surface area (Å²) in [6, 6.07) is 0. The highest BCUT2D eigenvalue weighted by atomic mass is 16.6. The third-order valence-corrected chi connectivity index (χ3v) is 6.32. The minimum atomic E-state index is -1.77. The summed E-state index contributed by atoms with van der Waals surface area (Å²) in [4.78, 5) is 43.2. The Morgan fingerprint density at radius 2 is 1.57 bits per heavy atom. The number of allylic oxidation sites excluding steroid dienone is 6. The molecule has 35 heavy (non-hydrogen) atoms. The molecular formula is C27H41N3O5. The van der Waals surface area contributed by atoms with Crippen LogP contribution in [0, 0.1) is 15.5 Å². The summed E-state index contributed by atoms with van der Waals surface area (Å²) in [5, 5.41) is 20.8. The first-order valence-corrected chi connectivity index (χ1v) is 12.8. The number of nitro groups is 1. The zero-order valence-electron chi connectivity index (χ0n) is 21.4. The lowest BCUT2D eigenvalue weighted by atomic mass is 9.72. The second-order valence-corrected chi connectivity index (χ2v) is 9.06. The Kier molecular flexibility index (Phi) is 13.7. The van der Waals surface area contributed by atoms with Crippen LogP contribution in [0.2, 0.25) is 0 Å². The van der Waals surface area contributed by atoms with Crippen molar-refractivity contribution in [2.45, 2.75) is 103 Å². The standard InChI is InChI=1S/C27H41N3O5/c1-4-6-7-8-9-10-11-12-13-14-15-16-17-18-19-20-21-27(5-2,25(32)33)24(31)26(3)28-22-23(29-26)30(34)35/h9-10,12-13,15-16,22H,4-8,11,14,17-21H2,1-3H3,(H,32,33)/b10-9-,13-12-,16-15-. The average Bonchev–Trinajstić information content (AvgIpc) is 3.24. The molecule has 2 atom stereocenters. The fourth-order valence-corrected chi connectivity index (χ4v) is 4.08. The van der Waals surface area contributed by atoms with Gasteiger partial charge in [0, 0.05) is 6.92 Å². The van der Waals surface area contributed by atoms with E-state index in [2.05, 4.69) is 53.4 Å². The maximum Gasteiger partial charge on any atom is 0.379 e. The van der Waals surface area contributed by atoms with Crippen molar-refractivity contribution in [3.63, 3.8) is 0 Å². The van der Waals surface area contributed by atoms with E-state index in [1.165, 1.54) is 26.2 Å². The number of carboxylic acid groups (broad SMARTS) is 1. The van der Waals surface area contributed by atoms with Gasteiger partial charge in [-0.05, 0) is 61.3 Å². The lowest BCUT2D eigenvalue weighted by molar-refractivity contribution is -0.345. The number of hydrogen-bond donors (Lipinski definition) is 1. The van der Waals surface area contributed by atoms with Gasteiger partial charge in [0.05, 0.1) is 0 Å². The molecule has 8 heteroatoms. The van der Waals surface area contributed by atoms with E-state index < -0.39 is 33.6 Å². The molecule has 0 fully saturated rings. The van der Waals surface area contributed by atoms with Crippen molar-refractivity contribution in [3.05, 3.63) is 46.6 Å². The van der Waals surface area contributed by atoms with Crippen LogP contribution in [-0.4, -0.2) is 39.5 Å². The van der Waals surface area contributed by atoms with Crippen molar-refractivity contribution in [1.29, 1.82) is 0 Å². The van der Waals surface area contributed by atoms with Gasteiger partial charge < -0.3 is 15.2 Å². The normalized spacial score (nSPS) is 19.6. The number of nitrogens with zero attached hydrogens (tertiary/aromatic N) is 3. The molecule has 1 aliphatic heterocycles. The SMILES string of the molecule is CCCCC/C=C\C/C=C\C/C=C\CCCCCC(CC)(C(=O)O)C(=O)C1(C)N=CC([N+](=O)[O-])=N1. The summed E-state index contributed by atoms with van der Waals surface area (Å²) in [5.41, 5.74) is -3.43. The van der Waals surface area contributed by atoms with E-state index in [-0.39, 0.29) is 12.8 Å². The van der Waals surface area contributed by atoms with E-state index >= 15 is 0 Å². The number of rotatable bonds is 18. The number of carbonyl (C=O) groups excluding carboxylic acids is 1. The van der Waals surface area contributed by atoms with Gasteiger partial charge in [-0.3, -0.25) is 9.59 Å². The van der Waals surface area contributed by atoms with Crippen molar-refractivity contribution < 1.29 is 19.6 Å². The largest absolute Gasteiger partial charge is 0.480 e. The second kappa shape index (κ2) is 15.9. The van der Waals surface area contributed by atoms with Gasteiger partial charge in [0.15, 0.2) is 0 Å². The summed E-state index contributed by atoms with van der Waals surface area (Å²) in [7, 11) is 0. The first-order chi connectivity index (χ1) is 16.7. The van der Waals surface area contributed by atoms with E-state index in [9.17, 15) is 24.8 Å². The summed E-state index contributed by atoms with van der Waals surface area (Å²) in [5.74, 6) is -2.46. The van der Waals surface area contributed by atoms with Crippen LogP contribution >= 0.6 is 0 Å². The summed E-state index contributed by atoms with van der Waals surface area (Å²) >= 11 is 0. The molecule has 0 radical (unpaired) electrons. The highest BCUT2D eigenvalue weighted by Gasteiger charge is 2.56. The molecule has 1 rings (SSSR count). The van der Waals surface area contributed by atoms with Crippen LogP contribution in [0.5, 0.6) is 0 Å². The van der Waals surface area contributed by atoms with Gasteiger partial charge in [-0.1, -0.05) is 76.0 Å². The van der Waals surface area contributed by atoms with E-state index in [0.717, 1.165) is 44.7 Å². The van der Waals surface area contributed by atoms with Crippen LogP contribution in [0.4, 0.5) is 0 Å².